The Kier molecular flexibility index (Phi) is 4.91. The molecule has 6 nitrogen and oxygen atoms in total. The molecule has 1 heterocycles. The molecule has 0 spiro atoms. The average Bonchev–Trinajstić information content (AvgIpc) is 2.78. The minimum absolute atomic E-state index is 0.201. The van der Waals surface area contributed by atoms with Gasteiger partial charge >= 0.3 is 0 Å². The molecule has 1 amide bonds. The van der Waals surface area contributed by atoms with Crippen LogP contribution in [0.1, 0.15) is 28.7 Å². The van der Waals surface area contributed by atoms with Crippen LogP contribution in [0.2, 0.25) is 0 Å². The summed E-state index contributed by atoms with van der Waals surface area (Å²) in [6.45, 7) is 3.46. The minimum atomic E-state index is -3.26. The SMILES string of the molecule is Cc1[nH]c(CC(C)O)cc1C(=O)Nc1ccc(S(C)(=O)=O)cc1. The molecule has 1 aromatic heterocycles. The van der Waals surface area contributed by atoms with Gasteiger partial charge in [-0.1, -0.05) is 0 Å². The predicted octanol–water partition coefficient (Wildman–Crippen LogP) is 1.90. The number of aryl methyl sites for hydroxylation is 1. The maximum atomic E-state index is 12.3. The number of nitrogens with one attached hydrogen (secondary N) is 2. The zero-order valence-corrected chi connectivity index (χ0v) is 14.1. The number of rotatable bonds is 5. The fourth-order valence-corrected chi connectivity index (χ4v) is 2.91. The molecule has 0 saturated heterocycles. The summed E-state index contributed by atoms with van der Waals surface area (Å²) in [5.74, 6) is -0.289. The first-order valence-corrected chi connectivity index (χ1v) is 9.04. The monoisotopic (exact) mass is 336 g/mol. The van der Waals surface area contributed by atoms with Crippen LogP contribution < -0.4 is 5.32 Å². The van der Waals surface area contributed by atoms with Crippen LogP contribution in [-0.4, -0.2) is 36.8 Å². The van der Waals surface area contributed by atoms with Crippen molar-refractivity contribution in [3.63, 3.8) is 0 Å². The second kappa shape index (κ2) is 6.55. The van der Waals surface area contributed by atoms with Crippen LogP contribution in [0, 0.1) is 6.92 Å². The predicted molar refractivity (Wildman–Crippen MR) is 88.4 cm³/mol. The summed E-state index contributed by atoms with van der Waals surface area (Å²) >= 11 is 0. The van der Waals surface area contributed by atoms with Crippen molar-refractivity contribution in [1.82, 2.24) is 4.98 Å². The second-order valence-corrected chi connectivity index (χ2v) is 7.65. The maximum Gasteiger partial charge on any atom is 0.257 e. The molecule has 7 heteroatoms. The van der Waals surface area contributed by atoms with Crippen molar-refractivity contribution in [1.29, 1.82) is 0 Å². The van der Waals surface area contributed by atoms with Crippen LogP contribution in [0.4, 0.5) is 5.69 Å². The summed E-state index contributed by atoms with van der Waals surface area (Å²) in [4.78, 5) is 15.6. The average molecular weight is 336 g/mol. The third kappa shape index (κ3) is 4.43. The van der Waals surface area contributed by atoms with Crippen molar-refractivity contribution in [2.75, 3.05) is 11.6 Å². The molecule has 1 aromatic carbocycles. The molecule has 23 heavy (non-hydrogen) atoms. The highest BCUT2D eigenvalue weighted by Gasteiger charge is 2.14. The molecule has 0 aliphatic carbocycles. The number of carbonyl (C=O) groups excluding carboxylic acids is 1. The highest BCUT2D eigenvalue weighted by molar-refractivity contribution is 7.90. The molecule has 124 valence electrons. The lowest BCUT2D eigenvalue weighted by molar-refractivity contribution is 0.102. The molecule has 2 aromatic rings. The zero-order valence-electron chi connectivity index (χ0n) is 13.3. The van der Waals surface area contributed by atoms with Crippen molar-refractivity contribution in [2.24, 2.45) is 0 Å². The number of hydrogen-bond acceptors (Lipinski definition) is 4. The number of hydrogen-bond donors (Lipinski definition) is 3. The Morgan fingerprint density at radius 2 is 1.91 bits per heavy atom. The van der Waals surface area contributed by atoms with Gasteiger partial charge in [0.15, 0.2) is 9.84 Å². The Morgan fingerprint density at radius 1 is 1.30 bits per heavy atom. The van der Waals surface area contributed by atoms with E-state index in [4.69, 9.17) is 0 Å². The van der Waals surface area contributed by atoms with E-state index in [0.717, 1.165) is 11.9 Å². The van der Waals surface area contributed by atoms with E-state index in [-0.39, 0.29) is 10.8 Å². The summed E-state index contributed by atoms with van der Waals surface area (Å²) in [5.41, 5.74) is 2.51. The van der Waals surface area contributed by atoms with Gasteiger partial charge in [-0.15, -0.1) is 0 Å². The Balaban J connectivity index is 2.14. The molecule has 1 unspecified atom stereocenters. The largest absolute Gasteiger partial charge is 0.393 e. The van der Waals surface area contributed by atoms with E-state index in [1.807, 2.05) is 0 Å². The number of aromatic amines is 1. The van der Waals surface area contributed by atoms with Gasteiger partial charge in [0.2, 0.25) is 0 Å². The van der Waals surface area contributed by atoms with Gasteiger partial charge in [-0.2, -0.15) is 0 Å². The lowest BCUT2D eigenvalue weighted by Gasteiger charge is -2.05. The summed E-state index contributed by atoms with van der Waals surface area (Å²) in [6, 6.07) is 7.71. The molecule has 1 atom stereocenters. The van der Waals surface area contributed by atoms with E-state index in [1.54, 1.807) is 32.0 Å². The Hall–Kier alpha value is -2.12. The van der Waals surface area contributed by atoms with Gasteiger partial charge in [0.05, 0.1) is 16.6 Å². The molecule has 0 fully saturated rings. The van der Waals surface area contributed by atoms with Crippen LogP contribution in [-0.2, 0) is 16.3 Å². The van der Waals surface area contributed by atoms with Gasteiger partial charge in [0.25, 0.3) is 5.91 Å². The molecule has 0 bridgehead atoms. The number of aromatic nitrogens is 1. The standard InChI is InChI=1S/C16H20N2O4S/c1-10(19)8-13-9-15(11(2)17-13)16(20)18-12-4-6-14(7-5-12)23(3,21)22/h4-7,9-10,17,19H,8H2,1-3H3,(H,18,20). The first-order chi connectivity index (χ1) is 10.7. The van der Waals surface area contributed by atoms with E-state index in [1.165, 1.54) is 12.1 Å². The van der Waals surface area contributed by atoms with Crippen LogP contribution in [0.5, 0.6) is 0 Å². The van der Waals surface area contributed by atoms with Crippen LogP contribution in [0.3, 0.4) is 0 Å². The first-order valence-electron chi connectivity index (χ1n) is 7.15. The van der Waals surface area contributed by atoms with Gasteiger partial charge in [0, 0.05) is 29.8 Å². The number of amides is 1. The van der Waals surface area contributed by atoms with E-state index in [9.17, 15) is 18.3 Å². The Bertz CT molecular complexity index is 805. The van der Waals surface area contributed by atoms with Gasteiger partial charge in [-0.25, -0.2) is 8.42 Å². The van der Waals surface area contributed by atoms with Gasteiger partial charge in [0.1, 0.15) is 0 Å². The second-order valence-electron chi connectivity index (χ2n) is 5.64. The van der Waals surface area contributed by atoms with E-state index >= 15 is 0 Å². The highest BCUT2D eigenvalue weighted by atomic mass is 32.2. The van der Waals surface area contributed by atoms with E-state index < -0.39 is 15.9 Å². The number of carbonyl (C=O) groups is 1. The number of aliphatic hydroxyl groups excluding tert-OH is 1. The number of aliphatic hydroxyl groups is 1. The first kappa shape index (κ1) is 17.2. The normalized spacial score (nSPS) is 12.9. The van der Waals surface area contributed by atoms with Crippen molar-refractivity contribution in [3.05, 3.63) is 47.3 Å². The number of benzene rings is 1. The lowest BCUT2D eigenvalue weighted by Crippen LogP contribution is -2.12. The maximum absolute atomic E-state index is 12.3. The topological polar surface area (TPSA) is 99.3 Å². The summed E-state index contributed by atoms with van der Waals surface area (Å²) in [5, 5.41) is 12.1. The molecule has 2 rings (SSSR count). The third-order valence-electron chi connectivity index (χ3n) is 3.37. The molecular weight excluding hydrogens is 316 g/mol. The summed E-state index contributed by atoms with van der Waals surface area (Å²) in [6.07, 6.45) is 1.08. The van der Waals surface area contributed by atoms with E-state index in [2.05, 4.69) is 10.3 Å². The summed E-state index contributed by atoms with van der Waals surface area (Å²) in [7, 11) is -3.26. The van der Waals surface area contributed by atoms with Crippen LogP contribution in [0.25, 0.3) is 0 Å². The van der Waals surface area contributed by atoms with Crippen LogP contribution in [0.15, 0.2) is 35.2 Å². The van der Waals surface area contributed by atoms with Crippen molar-refractivity contribution in [2.45, 2.75) is 31.3 Å². The molecule has 0 saturated carbocycles. The van der Waals surface area contributed by atoms with Gasteiger partial charge in [-0.05, 0) is 44.2 Å². The van der Waals surface area contributed by atoms with Gasteiger partial charge < -0.3 is 15.4 Å². The third-order valence-corrected chi connectivity index (χ3v) is 4.50. The van der Waals surface area contributed by atoms with Gasteiger partial charge in [-0.3, -0.25) is 4.79 Å². The molecule has 0 radical (unpaired) electrons. The van der Waals surface area contributed by atoms with E-state index in [0.29, 0.717) is 23.4 Å². The fourth-order valence-electron chi connectivity index (χ4n) is 2.27. The Morgan fingerprint density at radius 3 is 2.43 bits per heavy atom. The van der Waals surface area contributed by atoms with Crippen molar-refractivity contribution < 1.29 is 18.3 Å². The molecular formula is C16H20N2O4S. The highest BCUT2D eigenvalue weighted by Crippen LogP contribution is 2.17. The smallest absolute Gasteiger partial charge is 0.257 e. The molecule has 3 N–H and O–H groups in total. The van der Waals surface area contributed by atoms with Crippen LogP contribution >= 0.6 is 0 Å². The quantitative estimate of drug-likeness (QED) is 0.776. The lowest BCUT2D eigenvalue weighted by atomic mass is 10.2. The van der Waals surface area contributed by atoms with Crippen molar-refractivity contribution in [3.8, 4) is 0 Å². The number of H-pyrrole nitrogens is 1. The zero-order chi connectivity index (χ0) is 17.2. The Labute approximate surface area is 135 Å². The summed E-state index contributed by atoms with van der Waals surface area (Å²) < 4.78 is 22.8. The van der Waals surface area contributed by atoms with Crippen molar-refractivity contribution >= 4 is 21.4 Å². The number of anilines is 1. The molecule has 0 aliphatic rings. The minimum Gasteiger partial charge on any atom is -0.393 e. The fraction of sp³-hybridized carbons (Fsp3) is 0.312. The molecule has 0 aliphatic heterocycles. The number of sulfone groups is 1.